The molecule has 48 heavy (non-hydrogen) atoms. The quantitative estimate of drug-likeness (QED) is 0.106. The number of halogens is 7. The van der Waals surface area contributed by atoms with Gasteiger partial charge in [-0.1, -0.05) is 28.9 Å². The molecule has 6 aromatic rings. The molecule has 246 valence electrons. The average molecular weight is 689 g/mol. The fourth-order valence-electron chi connectivity index (χ4n) is 5.01. The standard InChI is InChI=1S/C30H19ClF6N8O3/c31-21-6-8-23(44-15-25(39-41-44)30(35,36)37)26(27(21)32)18-5-7-22(45(48)14-18)24(11-20-9-10-42(40-20)29(33)34)43-13-19(12-38-43)16-1-3-17(4-2-16)28(46)47/h1-10,12-15,24,29H,11H2,(H,46,47)/t24-/m0/s1. The number of carboxylic acid groups (broad SMARTS) is 1. The summed E-state index contributed by atoms with van der Waals surface area (Å²) < 4.78 is 84.6. The van der Waals surface area contributed by atoms with E-state index in [0.717, 1.165) is 18.5 Å². The molecule has 0 saturated heterocycles. The minimum absolute atomic E-state index is 0.0188. The van der Waals surface area contributed by atoms with E-state index in [-0.39, 0.29) is 45.2 Å². The van der Waals surface area contributed by atoms with Crippen molar-refractivity contribution < 1.29 is 41.0 Å². The normalized spacial score (nSPS) is 12.5. The van der Waals surface area contributed by atoms with E-state index in [1.54, 1.807) is 18.3 Å². The third kappa shape index (κ3) is 6.31. The first-order valence-electron chi connectivity index (χ1n) is 13.7. The Hall–Kier alpha value is -5.71. The van der Waals surface area contributed by atoms with Crippen LogP contribution in [0, 0.1) is 11.0 Å². The van der Waals surface area contributed by atoms with Crippen molar-refractivity contribution in [3.8, 4) is 27.9 Å². The second-order valence-electron chi connectivity index (χ2n) is 10.3. The summed E-state index contributed by atoms with van der Waals surface area (Å²) in [6, 6.07) is 11.3. The summed E-state index contributed by atoms with van der Waals surface area (Å²) in [5.74, 6) is -2.15. The van der Waals surface area contributed by atoms with Gasteiger partial charge in [0, 0.05) is 30.4 Å². The lowest BCUT2D eigenvalue weighted by Gasteiger charge is -2.18. The number of aromatic carboxylic acids is 1. The minimum Gasteiger partial charge on any atom is -0.618 e. The van der Waals surface area contributed by atoms with E-state index >= 15 is 4.39 Å². The molecule has 0 unspecified atom stereocenters. The van der Waals surface area contributed by atoms with Gasteiger partial charge in [-0.2, -0.15) is 36.9 Å². The Morgan fingerprint density at radius 2 is 1.71 bits per heavy atom. The lowest BCUT2D eigenvalue weighted by atomic mass is 10.0. The number of nitrogens with zero attached hydrogens (tertiary/aromatic N) is 8. The number of hydrogen-bond donors (Lipinski definition) is 1. The molecule has 4 aromatic heterocycles. The molecule has 11 nitrogen and oxygen atoms in total. The van der Waals surface area contributed by atoms with Gasteiger partial charge in [0.25, 0.3) is 0 Å². The first-order chi connectivity index (χ1) is 22.8. The molecule has 0 bridgehead atoms. The van der Waals surface area contributed by atoms with Gasteiger partial charge >= 0.3 is 18.7 Å². The van der Waals surface area contributed by atoms with E-state index in [1.165, 1.54) is 47.3 Å². The molecule has 18 heteroatoms. The van der Waals surface area contributed by atoms with Crippen LogP contribution in [0.4, 0.5) is 26.3 Å². The molecular formula is C30H19ClF6N8O3. The van der Waals surface area contributed by atoms with Crippen molar-refractivity contribution in [2.75, 3.05) is 0 Å². The summed E-state index contributed by atoms with van der Waals surface area (Å²) in [7, 11) is 0. The molecule has 1 atom stereocenters. The lowest BCUT2D eigenvalue weighted by molar-refractivity contribution is -0.615. The van der Waals surface area contributed by atoms with E-state index < -0.39 is 36.2 Å². The van der Waals surface area contributed by atoms with Crippen LogP contribution in [-0.4, -0.2) is 45.6 Å². The van der Waals surface area contributed by atoms with E-state index in [9.17, 15) is 37.1 Å². The molecule has 0 aliphatic heterocycles. The van der Waals surface area contributed by atoms with Crippen molar-refractivity contribution in [1.29, 1.82) is 0 Å². The lowest BCUT2D eigenvalue weighted by Crippen LogP contribution is -2.36. The Balaban J connectivity index is 1.42. The van der Waals surface area contributed by atoms with Crippen LogP contribution in [0.3, 0.4) is 0 Å². The highest BCUT2D eigenvalue weighted by Crippen LogP contribution is 2.35. The number of pyridine rings is 1. The summed E-state index contributed by atoms with van der Waals surface area (Å²) in [6.07, 6.45) is 0.719. The number of carboxylic acids is 1. The maximum Gasteiger partial charge on any atom is 0.436 e. The van der Waals surface area contributed by atoms with E-state index in [0.29, 0.717) is 31.4 Å². The zero-order valence-electron chi connectivity index (χ0n) is 23.9. The minimum atomic E-state index is -4.82. The van der Waals surface area contributed by atoms with Gasteiger partial charge in [-0.05, 0) is 42.0 Å². The number of carbonyl (C=O) groups is 1. The van der Waals surface area contributed by atoms with Crippen molar-refractivity contribution in [3.63, 3.8) is 0 Å². The Morgan fingerprint density at radius 1 is 0.979 bits per heavy atom. The summed E-state index contributed by atoms with van der Waals surface area (Å²) in [5, 5.41) is 37.3. The average Bonchev–Trinajstić information content (AvgIpc) is 3.83. The highest BCUT2D eigenvalue weighted by molar-refractivity contribution is 6.31. The van der Waals surface area contributed by atoms with Crippen molar-refractivity contribution >= 4 is 17.6 Å². The van der Waals surface area contributed by atoms with Gasteiger partial charge in [0.2, 0.25) is 5.69 Å². The third-order valence-corrected chi connectivity index (χ3v) is 7.62. The molecule has 0 saturated carbocycles. The van der Waals surface area contributed by atoms with Gasteiger partial charge in [0.15, 0.2) is 17.7 Å². The third-order valence-electron chi connectivity index (χ3n) is 7.33. The van der Waals surface area contributed by atoms with E-state index in [4.69, 9.17) is 11.6 Å². The fraction of sp³-hybridized carbons (Fsp3) is 0.133. The molecule has 0 aliphatic rings. The summed E-state index contributed by atoms with van der Waals surface area (Å²) in [4.78, 5) is 11.2. The second kappa shape index (κ2) is 12.5. The first kappa shape index (κ1) is 32.2. The van der Waals surface area contributed by atoms with Gasteiger partial charge in [-0.3, -0.25) is 4.68 Å². The molecule has 0 aliphatic carbocycles. The van der Waals surface area contributed by atoms with Crippen molar-refractivity contribution in [3.05, 3.63) is 124 Å². The number of hydrogen-bond acceptors (Lipinski definition) is 6. The number of benzene rings is 2. The molecule has 0 amide bonds. The largest absolute Gasteiger partial charge is 0.618 e. The van der Waals surface area contributed by atoms with Gasteiger partial charge < -0.3 is 10.3 Å². The molecular weight excluding hydrogens is 670 g/mol. The fourth-order valence-corrected chi connectivity index (χ4v) is 5.16. The Kier molecular flexibility index (Phi) is 8.38. The van der Waals surface area contributed by atoms with Crippen LogP contribution in [0.5, 0.6) is 0 Å². The van der Waals surface area contributed by atoms with Crippen molar-refractivity contribution in [1.82, 2.24) is 34.6 Å². The van der Waals surface area contributed by atoms with Crippen LogP contribution in [0.2, 0.25) is 5.02 Å². The molecule has 0 spiro atoms. The van der Waals surface area contributed by atoms with Gasteiger partial charge in [0.1, 0.15) is 6.04 Å². The maximum absolute atomic E-state index is 15.5. The topological polar surface area (TPSA) is 131 Å². The molecule has 4 heterocycles. The summed E-state index contributed by atoms with van der Waals surface area (Å²) >= 11 is 6.01. The first-order valence-corrected chi connectivity index (χ1v) is 14.1. The van der Waals surface area contributed by atoms with Crippen LogP contribution in [0.25, 0.3) is 27.9 Å². The molecule has 0 fully saturated rings. The Bertz CT molecular complexity index is 2130. The van der Waals surface area contributed by atoms with E-state index in [1.807, 2.05) is 0 Å². The molecule has 1 N–H and O–H groups in total. The maximum atomic E-state index is 15.5. The number of rotatable bonds is 9. The van der Waals surface area contributed by atoms with Crippen molar-refractivity contribution in [2.45, 2.75) is 25.2 Å². The predicted molar refractivity (Wildman–Crippen MR) is 156 cm³/mol. The predicted octanol–water partition coefficient (Wildman–Crippen LogP) is 6.36. The van der Waals surface area contributed by atoms with Gasteiger partial charge in [-0.15, -0.1) is 5.10 Å². The molecule has 2 aromatic carbocycles. The summed E-state index contributed by atoms with van der Waals surface area (Å²) in [5.41, 5.74) is -0.519. The van der Waals surface area contributed by atoms with Gasteiger partial charge in [-0.25, -0.2) is 18.5 Å². The van der Waals surface area contributed by atoms with Crippen LogP contribution >= 0.6 is 11.6 Å². The highest BCUT2D eigenvalue weighted by Gasteiger charge is 2.35. The molecule has 6 rings (SSSR count). The SMILES string of the molecule is O=C(O)c1ccc(-c2cnn([C@@H](Cc3ccn(C(F)F)n3)c3ccc(-c4c(-n5cc(C(F)(F)F)nn5)ccc(Cl)c4F)c[n+]3[O-])c2)cc1. The van der Waals surface area contributed by atoms with Crippen molar-refractivity contribution in [2.24, 2.45) is 0 Å². The second-order valence-corrected chi connectivity index (χ2v) is 10.8. The monoisotopic (exact) mass is 688 g/mol. The Morgan fingerprint density at radius 3 is 2.33 bits per heavy atom. The Labute approximate surface area is 270 Å². The zero-order chi connectivity index (χ0) is 34.3. The van der Waals surface area contributed by atoms with E-state index in [2.05, 4.69) is 20.5 Å². The van der Waals surface area contributed by atoms with Crippen LogP contribution in [0.1, 0.15) is 40.0 Å². The van der Waals surface area contributed by atoms with Crippen LogP contribution in [0.15, 0.2) is 85.6 Å². The van der Waals surface area contributed by atoms with Gasteiger partial charge in [0.05, 0.1) is 45.5 Å². The molecule has 0 radical (unpaired) electrons. The highest BCUT2D eigenvalue weighted by atomic mass is 35.5. The van der Waals surface area contributed by atoms with Crippen LogP contribution in [-0.2, 0) is 12.6 Å². The van der Waals surface area contributed by atoms with Crippen LogP contribution < -0.4 is 4.73 Å². The zero-order valence-corrected chi connectivity index (χ0v) is 24.7. The smallest absolute Gasteiger partial charge is 0.436 e. The summed E-state index contributed by atoms with van der Waals surface area (Å²) in [6.45, 7) is -2.91. The number of alkyl halides is 5. The number of aromatic nitrogens is 8.